The highest BCUT2D eigenvalue weighted by Gasteiger charge is 2.04. The molecule has 1 N–H and O–H groups in total. The fraction of sp³-hybridized carbons (Fsp3) is 0.357. The average molecular weight is 341 g/mol. The van der Waals surface area contributed by atoms with Crippen molar-refractivity contribution >= 4 is 27.3 Å². The summed E-state index contributed by atoms with van der Waals surface area (Å²) in [7, 11) is 0. The van der Waals surface area contributed by atoms with Crippen molar-refractivity contribution in [3.05, 3.63) is 44.8 Å². The Labute approximate surface area is 126 Å². The van der Waals surface area contributed by atoms with E-state index in [-0.39, 0.29) is 0 Å². The van der Waals surface area contributed by atoms with Crippen LogP contribution >= 0.6 is 27.3 Å². The maximum Gasteiger partial charge on any atom is 0.134 e. The summed E-state index contributed by atoms with van der Waals surface area (Å²) in [6, 6.07) is 6.67. The van der Waals surface area contributed by atoms with Crippen LogP contribution in [-0.4, -0.2) is 11.0 Å². The summed E-state index contributed by atoms with van der Waals surface area (Å²) >= 11 is 5.15. The SMILES string of the molecule is CC(C)NCc1ccc(OCc2cncs2)c(Br)c1. The summed E-state index contributed by atoms with van der Waals surface area (Å²) in [4.78, 5) is 5.15. The van der Waals surface area contributed by atoms with Crippen LogP contribution in [0, 0.1) is 0 Å². The fourth-order valence-electron chi connectivity index (χ4n) is 1.56. The molecule has 0 atom stereocenters. The minimum atomic E-state index is 0.487. The molecule has 2 aromatic rings. The second-order valence-electron chi connectivity index (χ2n) is 4.56. The summed E-state index contributed by atoms with van der Waals surface area (Å²) in [5, 5.41) is 3.39. The molecular weight excluding hydrogens is 324 g/mol. The highest BCUT2D eigenvalue weighted by molar-refractivity contribution is 9.10. The van der Waals surface area contributed by atoms with Gasteiger partial charge in [-0.1, -0.05) is 19.9 Å². The average Bonchev–Trinajstić information content (AvgIpc) is 2.88. The molecule has 3 nitrogen and oxygen atoms in total. The molecule has 1 aromatic heterocycles. The Morgan fingerprint density at radius 3 is 2.89 bits per heavy atom. The maximum absolute atomic E-state index is 5.76. The first-order valence-corrected chi connectivity index (χ1v) is 7.84. The first kappa shape index (κ1) is 14.5. The number of halogens is 1. The van der Waals surface area contributed by atoms with Crippen LogP contribution in [0.5, 0.6) is 5.75 Å². The lowest BCUT2D eigenvalue weighted by atomic mass is 10.2. The lowest BCUT2D eigenvalue weighted by Crippen LogP contribution is -2.21. The molecule has 1 heterocycles. The van der Waals surface area contributed by atoms with Crippen molar-refractivity contribution in [2.45, 2.75) is 33.0 Å². The zero-order valence-electron chi connectivity index (χ0n) is 11.0. The van der Waals surface area contributed by atoms with Crippen molar-refractivity contribution in [2.75, 3.05) is 0 Å². The number of nitrogens with zero attached hydrogens (tertiary/aromatic N) is 1. The van der Waals surface area contributed by atoms with Crippen LogP contribution < -0.4 is 10.1 Å². The van der Waals surface area contributed by atoms with Crippen LogP contribution in [0.2, 0.25) is 0 Å². The number of aromatic nitrogens is 1. The molecule has 0 spiro atoms. The van der Waals surface area contributed by atoms with Crippen molar-refractivity contribution in [3.8, 4) is 5.75 Å². The predicted octanol–water partition coefficient (Wildman–Crippen LogP) is 3.98. The van der Waals surface area contributed by atoms with Gasteiger partial charge in [-0.15, -0.1) is 11.3 Å². The van der Waals surface area contributed by atoms with Crippen LogP contribution in [0.1, 0.15) is 24.3 Å². The molecule has 0 saturated heterocycles. The van der Waals surface area contributed by atoms with Gasteiger partial charge in [0.1, 0.15) is 12.4 Å². The van der Waals surface area contributed by atoms with Gasteiger partial charge in [-0.3, -0.25) is 4.98 Å². The number of ether oxygens (including phenoxy) is 1. The Balaban J connectivity index is 1.94. The lowest BCUT2D eigenvalue weighted by molar-refractivity contribution is 0.307. The summed E-state index contributed by atoms with van der Waals surface area (Å²) < 4.78 is 6.75. The number of hydrogen-bond donors (Lipinski definition) is 1. The van der Waals surface area contributed by atoms with E-state index in [4.69, 9.17) is 4.74 Å². The fourth-order valence-corrected chi connectivity index (χ4v) is 2.60. The third kappa shape index (κ3) is 4.60. The van der Waals surface area contributed by atoms with E-state index in [1.807, 2.05) is 17.8 Å². The van der Waals surface area contributed by atoms with Gasteiger partial charge >= 0.3 is 0 Å². The molecule has 0 radical (unpaired) electrons. The maximum atomic E-state index is 5.76. The summed E-state index contributed by atoms with van der Waals surface area (Å²) in [5.74, 6) is 0.863. The molecule has 1 aromatic carbocycles. The third-order valence-corrected chi connectivity index (χ3v) is 3.94. The Kier molecular flexibility index (Phi) is 5.36. The van der Waals surface area contributed by atoms with Gasteiger partial charge in [0.05, 0.1) is 14.9 Å². The van der Waals surface area contributed by atoms with Gasteiger partial charge in [-0.25, -0.2) is 0 Å². The summed E-state index contributed by atoms with van der Waals surface area (Å²) in [5.41, 5.74) is 3.06. The van der Waals surface area contributed by atoms with E-state index in [2.05, 4.69) is 52.2 Å². The smallest absolute Gasteiger partial charge is 0.134 e. The number of thiazole rings is 1. The van der Waals surface area contributed by atoms with E-state index < -0.39 is 0 Å². The number of rotatable bonds is 6. The van der Waals surface area contributed by atoms with Crippen molar-refractivity contribution in [2.24, 2.45) is 0 Å². The van der Waals surface area contributed by atoms with Crippen molar-refractivity contribution in [3.63, 3.8) is 0 Å². The summed E-state index contributed by atoms with van der Waals surface area (Å²) in [6.07, 6.45) is 1.83. The third-order valence-electron chi connectivity index (χ3n) is 2.56. The van der Waals surface area contributed by atoms with Gasteiger partial charge in [0.2, 0.25) is 0 Å². The highest BCUT2D eigenvalue weighted by Crippen LogP contribution is 2.27. The Hall–Kier alpha value is -0.910. The van der Waals surface area contributed by atoms with Gasteiger partial charge in [0.15, 0.2) is 0 Å². The van der Waals surface area contributed by atoms with Crippen molar-refractivity contribution in [1.29, 1.82) is 0 Å². The molecule has 0 fully saturated rings. The van der Waals surface area contributed by atoms with Crippen LogP contribution in [0.15, 0.2) is 34.4 Å². The molecule has 2 rings (SSSR count). The van der Waals surface area contributed by atoms with Gasteiger partial charge in [0.25, 0.3) is 0 Å². The molecule has 102 valence electrons. The van der Waals surface area contributed by atoms with Gasteiger partial charge < -0.3 is 10.1 Å². The standard InChI is InChI=1S/C14H17BrN2OS/c1-10(2)17-6-11-3-4-14(13(15)5-11)18-8-12-7-16-9-19-12/h3-5,7,9-10,17H,6,8H2,1-2H3. The van der Waals surface area contributed by atoms with E-state index in [0.29, 0.717) is 12.6 Å². The topological polar surface area (TPSA) is 34.1 Å². The molecule has 0 aliphatic heterocycles. The van der Waals surface area contributed by atoms with Gasteiger partial charge in [0, 0.05) is 18.8 Å². The van der Waals surface area contributed by atoms with Gasteiger partial charge in [-0.2, -0.15) is 0 Å². The minimum Gasteiger partial charge on any atom is -0.487 e. The van der Waals surface area contributed by atoms with Crippen molar-refractivity contribution in [1.82, 2.24) is 10.3 Å². The Bertz CT molecular complexity index is 514. The molecule has 19 heavy (non-hydrogen) atoms. The van der Waals surface area contributed by atoms with Crippen LogP contribution in [0.25, 0.3) is 0 Å². The molecule has 5 heteroatoms. The van der Waals surface area contributed by atoms with Gasteiger partial charge in [-0.05, 0) is 33.6 Å². The molecule has 0 aliphatic rings. The number of hydrogen-bond acceptors (Lipinski definition) is 4. The highest BCUT2D eigenvalue weighted by atomic mass is 79.9. The molecular formula is C14H17BrN2OS. The van der Waals surface area contributed by atoms with Crippen molar-refractivity contribution < 1.29 is 4.74 Å². The van der Waals surface area contributed by atoms with E-state index in [9.17, 15) is 0 Å². The van der Waals surface area contributed by atoms with Crippen LogP contribution in [-0.2, 0) is 13.2 Å². The van der Waals surface area contributed by atoms with Crippen LogP contribution in [0.3, 0.4) is 0 Å². The van der Waals surface area contributed by atoms with E-state index in [1.54, 1.807) is 11.3 Å². The Morgan fingerprint density at radius 2 is 2.26 bits per heavy atom. The molecule has 0 saturated carbocycles. The largest absolute Gasteiger partial charge is 0.487 e. The first-order chi connectivity index (χ1) is 9.15. The molecule has 0 bridgehead atoms. The predicted molar refractivity (Wildman–Crippen MR) is 82.6 cm³/mol. The number of nitrogens with one attached hydrogen (secondary N) is 1. The molecule has 0 unspecified atom stereocenters. The summed E-state index contributed by atoms with van der Waals surface area (Å²) in [6.45, 7) is 5.71. The molecule has 0 aliphatic carbocycles. The zero-order valence-corrected chi connectivity index (χ0v) is 13.4. The zero-order chi connectivity index (χ0) is 13.7. The van der Waals surface area contributed by atoms with E-state index in [1.165, 1.54) is 5.56 Å². The second-order valence-corrected chi connectivity index (χ2v) is 6.38. The first-order valence-electron chi connectivity index (χ1n) is 6.17. The normalized spacial score (nSPS) is 10.9. The van der Waals surface area contributed by atoms with E-state index >= 15 is 0 Å². The monoisotopic (exact) mass is 340 g/mol. The second kappa shape index (κ2) is 7.03. The van der Waals surface area contributed by atoms with Crippen LogP contribution in [0.4, 0.5) is 0 Å². The lowest BCUT2D eigenvalue weighted by Gasteiger charge is -2.11. The quantitative estimate of drug-likeness (QED) is 0.863. The Morgan fingerprint density at radius 1 is 1.42 bits per heavy atom. The minimum absolute atomic E-state index is 0.487. The van der Waals surface area contributed by atoms with E-state index in [0.717, 1.165) is 21.6 Å². The number of benzene rings is 1. The molecule has 0 amide bonds.